The van der Waals surface area contributed by atoms with Crippen molar-refractivity contribution < 1.29 is 9.53 Å². The minimum Gasteiger partial charge on any atom is -0.468 e. The fourth-order valence-corrected chi connectivity index (χ4v) is 1.22. The second kappa shape index (κ2) is 4.77. The number of benzene rings is 1. The normalized spacial score (nSPS) is 12.2. The molecule has 3 nitrogen and oxygen atoms in total. The van der Waals surface area contributed by atoms with E-state index in [2.05, 4.69) is 11.7 Å². The third-order valence-electron chi connectivity index (χ3n) is 2.20. The molecule has 0 radical (unpaired) electrons. The molecule has 0 heterocycles. The molecule has 0 fully saturated rings. The molecule has 1 aromatic carbocycles. The molecule has 2 N–H and O–H groups in total. The molecule has 1 aromatic rings. The first-order valence-electron chi connectivity index (χ1n) is 4.61. The molecule has 1 atom stereocenters. The largest absolute Gasteiger partial charge is 0.468 e. The van der Waals surface area contributed by atoms with E-state index in [-0.39, 0.29) is 0 Å². The van der Waals surface area contributed by atoms with Crippen LogP contribution in [0.5, 0.6) is 0 Å². The van der Waals surface area contributed by atoms with E-state index >= 15 is 0 Å². The van der Waals surface area contributed by atoms with E-state index in [0.29, 0.717) is 0 Å². The average Bonchev–Trinajstić information content (AvgIpc) is 2.27. The summed E-state index contributed by atoms with van der Waals surface area (Å²) >= 11 is 0. The Morgan fingerprint density at radius 3 is 2.43 bits per heavy atom. The van der Waals surface area contributed by atoms with Gasteiger partial charge in [0.05, 0.1) is 7.11 Å². The molecule has 0 saturated carbocycles. The van der Waals surface area contributed by atoms with Gasteiger partial charge in [-0.15, -0.1) is 0 Å². The predicted molar refractivity (Wildman–Crippen MR) is 54.8 cm³/mol. The van der Waals surface area contributed by atoms with Crippen LogP contribution in [0.3, 0.4) is 0 Å². The van der Waals surface area contributed by atoms with Crippen molar-refractivity contribution >= 4 is 5.97 Å². The second-order valence-corrected chi connectivity index (χ2v) is 3.10. The van der Waals surface area contributed by atoms with Crippen LogP contribution in [-0.2, 0) is 16.0 Å². The molecule has 0 aromatic heterocycles. The van der Waals surface area contributed by atoms with E-state index in [9.17, 15) is 4.79 Å². The van der Waals surface area contributed by atoms with Crippen LogP contribution in [0.2, 0.25) is 0 Å². The molecular weight excluding hydrogens is 178 g/mol. The Morgan fingerprint density at radius 1 is 1.43 bits per heavy atom. The summed E-state index contributed by atoms with van der Waals surface area (Å²) in [5, 5.41) is 0. The smallest absolute Gasteiger partial charge is 0.327 e. The fraction of sp³-hybridized carbons (Fsp3) is 0.364. The number of ether oxygens (including phenoxy) is 1. The summed E-state index contributed by atoms with van der Waals surface area (Å²) in [7, 11) is 1.34. The lowest BCUT2D eigenvalue weighted by atomic mass is 10.0. The highest BCUT2D eigenvalue weighted by molar-refractivity contribution is 5.77. The van der Waals surface area contributed by atoms with E-state index in [1.807, 2.05) is 24.3 Å². The van der Waals surface area contributed by atoms with Gasteiger partial charge >= 0.3 is 5.97 Å². The van der Waals surface area contributed by atoms with Gasteiger partial charge in [-0.2, -0.15) is 0 Å². The molecule has 0 aliphatic heterocycles. The predicted octanol–water partition coefficient (Wildman–Crippen LogP) is 1.42. The summed E-state index contributed by atoms with van der Waals surface area (Å²) in [6, 6.07) is 6.99. The van der Waals surface area contributed by atoms with Crippen LogP contribution in [0.15, 0.2) is 24.3 Å². The van der Waals surface area contributed by atoms with E-state index in [0.717, 1.165) is 12.0 Å². The van der Waals surface area contributed by atoms with Crippen molar-refractivity contribution in [1.29, 1.82) is 0 Å². The van der Waals surface area contributed by atoms with Crippen LogP contribution in [0, 0.1) is 0 Å². The van der Waals surface area contributed by atoms with Gasteiger partial charge in [-0.25, -0.2) is 0 Å². The Balaban J connectivity index is 2.81. The van der Waals surface area contributed by atoms with Gasteiger partial charge in [-0.3, -0.25) is 4.79 Å². The summed E-state index contributed by atoms with van der Waals surface area (Å²) in [6.07, 6.45) is 0.980. The van der Waals surface area contributed by atoms with Crippen molar-refractivity contribution in [3.63, 3.8) is 0 Å². The third-order valence-corrected chi connectivity index (χ3v) is 2.20. The molecule has 3 heteroatoms. The first kappa shape index (κ1) is 10.7. The summed E-state index contributed by atoms with van der Waals surface area (Å²) in [6.45, 7) is 2.08. The van der Waals surface area contributed by atoms with Crippen molar-refractivity contribution in [1.82, 2.24) is 0 Å². The Kier molecular flexibility index (Phi) is 3.65. The maximum absolute atomic E-state index is 11.1. The molecule has 0 amide bonds. The topological polar surface area (TPSA) is 52.3 Å². The molecule has 0 spiro atoms. The number of aryl methyl sites for hydroxylation is 1. The van der Waals surface area contributed by atoms with E-state index < -0.39 is 12.0 Å². The lowest BCUT2D eigenvalue weighted by molar-refractivity contribution is -0.142. The Labute approximate surface area is 83.9 Å². The van der Waals surface area contributed by atoms with Crippen molar-refractivity contribution in [2.45, 2.75) is 19.4 Å². The summed E-state index contributed by atoms with van der Waals surface area (Å²) in [5.74, 6) is -0.408. The Bertz CT molecular complexity index is 306. The molecule has 0 bridgehead atoms. The quantitative estimate of drug-likeness (QED) is 0.739. The molecule has 1 rings (SSSR count). The number of carbonyl (C=O) groups is 1. The van der Waals surface area contributed by atoms with Crippen LogP contribution in [0.1, 0.15) is 24.1 Å². The van der Waals surface area contributed by atoms with Crippen molar-refractivity contribution in [3.05, 3.63) is 35.4 Å². The number of carbonyl (C=O) groups excluding carboxylic acids is 1. The highest BCUT2D eigenvalue weighted by Gasteiger charge is 2.15. The maximum atomic E-state index is 11.1. The van der Waals surface area contributed by atoms with Crippen molar-refractivity contribution in [3.8, 4) is 0 Å². The Hall–Kier alpha value is -1.35. The number of rotatable bonds is 3. The number of hydrogen-bond donors (Lipinski definition) is 1. The number of methoxy groups -OCH3 is 1. The van der Waals surface area contributed by atoms with E-state index in [4.69, 9.17) is 5.73 Å². The van der Waals surface area contributed by atoms with Gasteiger partial charge in [0.1, 0.15) is 6.04 Å². The highest BCUT2D eigenvalue weighted by atomic mass is 16.5. The zero-order chi connectivity index (χ0) is 10.6. The first-order valence-corrected chi connectivity index (χ1v) is 4.61. The highest BCUT2D eigenvalue weighted by Crippen LogP contribution is 2.13. The average molecular weight is 193 g/mol. The molecule has 0 aliphatic rings. The van der Waals surface area contributed by atoms with E-state index in [1.165, 1.54) is 12.7 Å². The van der Waals surface area contributed by atoms with Crippen LogP contribution in [0.4, 0.5) is 0 Å². The molecule has 0 aliphatic carbocycles. The zero-order valence-electron chi connectivity index (χ0n) is 8.49. The van der Waals surface area contributed by atoms with Gasteiger partial charge in [0.15, 0.2) is 0 Å². The summed E-state index contributed by atoms with van der Waals surface area (Å²) < 4.78 is 4.56. The SMILES string of the molecule is CCc1ccc(C(N)C(=O)OC)cc1. The number of nitrogens with two attached hydrogens (primary N) is 1. The minimum absolute atomic E-state index is 0.408. The first-order chi connectivity index (χ1) is 6.69. The van der Waals surface area contributed by atoms with Gasteiger partial charge < -0.3 is 10.5 Å². The van der Waals surface area contributed by atoms with Crippen molar-refractivity contribution in [2.75, 3.05) is 7.11 Å². The number of esters is 1. The van der Waals surface area contributed by atoms with Crippen LogP contribution in [0.25, 0.3) is 0 Å². The summed E-state index contributed by atoms with van der Waals surface area (Å²) in [4.78, 5) is 11.1. The standard InChI is InChI=1S/C11H15NO2/c1-3-8-4-6-9(7-5-8)10(12)11(13)14-2/h4-7,10H,3,12H2,1-2H3. The van der Waals surface area contributed by atoms with Crippen LogP contribution >= 0.6 is 0 Å². The van der Waals surface area contributed by atoms with E-state index in [1.54, 1.807) is 0 Å². The molecule has 76 valence electrons. The van der Waals surface area contributed by atoms with Gasteiger partial charge in [-0.05, 0) is 17.5 Å². The second-order valence-electron chi connectivity index (χ2n) is 3.10. The van der Waals surface area contributed by atoms with Gasteiger partial charge in [-0.1, -0.05) is 31.2 Å². The molecular formula is C11H15NO2. The van der Waals surface area contributed by atoms with Crippen LogP contribution in [-0.4, -0.2) is 13.1 Å². The van der Waals surface area contributed by atoms with Gasteiger partial charge in [0.25, 0.3) is 0 Å². The third kappa shape index (κ3) is 2.33. The monoisotopic (exact) mass is 193 g/mol. The molecule has 1 unspecified atom stereocenters. The Morgan fingerprint density at radius 2 is 2.00 bits per heavy atom. The molecule has 14 heavy (non-hydrogen) atoms. The lowest BCUT2D eigenvalue weighted by Crippen LogP contribution is -2.22. The minimum atomic E-state index is -0.675. The lowest BCUT2D eigenvalue weighted by Gasteiger charge is -2.09. The van der Waals surface area contributed by atoms with Gasteiger partial charge in [0.2, 0.25) is 0 Å². The van der Waals surface area contributed by atoms with Gasteiger partial charge in [0, 0.05) is 0 Å². The van der Waals surface area contributed by atoms with Crippen molar-refractivity contribution in [2.24, 2.45) is 5.73 Å². The fourth-order valence-electron chi connectivity index (χ4n) is 1.22. The maximum Gasteiger partial charge on any atom is 0.327 e. The van der Waals surface area contributed by atoms with Crippen LogP contribution < -0.4 is 5.73 Å². The molecule has 0 saturated heterocycles. The number of hydrogen-bond acceptors (Lipinski definition) is 3. The summed E-state index contributed by atoms with van der Waals surface area (Å²) in [5.41, 5.74) is 7.68. The zero-order valence-corrected chi connectivity index (χ0v) is 8.49.